The molecular weight excluding hydrogens is 126 g/mol. The molecule has 10 heavy (non-hydrogen) atoms. The smallest absolute Gasteiger partial charge is 0.0707 e. The predicted octanol–water partition coefficient (Wildman–Crippen LogP) is 0.684. The molecule has 2 bridgehead atoms. The highest BCUT2D eigenvalue weighted by Crippen LogP contribution is 2.25. The lowest BCUT2D eigenvalue weighted by Gasteiger charge is -2.30. The highest BCUT2D eigenvalue weighted by atomic mass is 16.5. The first-order chi connectivity index (χ1) is 4.88. The van der Waals surface area contributed by atoms with Crippen molar-refractivity contribution >= 4 is 0 Å². The molecule has 2 aliphatic heterocycles. The monoisotopic (exact) mass is 140 g/mol. The molecule has 0 aromatic rings. The van der Waals surface area contributed by atoms with Gasteiger partial charge < -0.3 is 4.74 Å². The Morgan fingerprint density at radius 1 is 1.30 bits per heavy atom. The number of hydrogen-bond acceptors (Lipinski definition) is 2. The van der Waals surface area contributed by atoms with Gasteiger partial charge in [0.1, 0.15) is 0 Å². The van der Waals surface area contributed by atoms with Gasteiger partial charge in [-0.3, -0.25) is 4.90 Å². The second-order valence-electron chi connectivity index (χ2n) is 3.22. The Kier molecular flexibility index (Phi) is 1.66. The van der Waals surface area contributed by atoms with E-state index in [-0.39, 0.29) is 0 Å². The second kappa shape index (κ2) is 2.51. The zero-order valence-corrected chi connectivity index (χ0v) is 6.25. The molecule has 0 aromatic carbocycles. The standard InChI is InChI=1S/C8H14NO/c1-2-9-5-7-3-4-8(6-9)10-7/h7-8H,1-6H2. The van der Waals surface area contributed by atoms with Crippen molar-refractivity contribution < 1.29 is 4.74 Å². The zero-order valence-electron chi connectivity index (χ0n) is 6.25. The van der Waals surface area contributed by atoms with Gasteiger partial charge >= 0.3 is 0 Å². The summed E-state index contributed by atoms with van der Waals surface area (Å²) in [6, 6.07) is 0. The molecule has 2 nitrogen and oxygen atoms in total. The molecule has 0 aromatic heterocycles. The summed E-state index contributed by atoms with van der Waals surface area (Å²) >= 11 is 0. The van der Waals surface area contributed by atoms with Crippen molar-refractivity contribution in [2.45, 2.75) is 25.0 Å². The molecular formula is C8H14NO. The van der Waals surface area contributed by atoms with Crippen LogP contribution in [-0.2, 0) is 4.74 Å². The number of hydrogen-bond donors (Lipinski definition) is 0. The highest BCUT2D eigenvalue weighted by molar-refractivity contribution is 4.84. The average Bonchev–Trinajstić information content (AvgIpc) is 2.30. The molecule has 57 valence electrons. The third-order valence-corrected chi connectivity index (χ3v) is 2.44. The lowest BCUT2D eigenvalue weighted by atomic mass is 10.2. The fraction of sp³-hybridized carbons (Fsp3) is 0.875. The van der Waals surface area contributed by atoms with E-state index in [2.05, 4.69) is 11.8 Å². The van der Waals surface area contributed by atoms with E-state index in [0.717, 1.165) is 19.6 Å². The molecule has 2 atom stereocenters. The van der Waals surface area contributed by atoms with Crippen LogP contribution in [0.2, 0.25) is 0 Å². The van der Waals surface area contributed by atoms with Crippen LogP contribution in [0.15, 0.2) is 0 Å². The minimum Gasteiger partial charge on any atom is -0.372 e. The highest BCUT2D eigenvalue weighted by Gasteiger charge is 2.32. The van der Waals surface area contributed by atoms with E-state index in [4.69, 9.17) is 4.74 Å². The minimum absolute atomic E-state index is 0.528. The van der Waals surface area contributed by atoms with Gasteiger partial charge in [-0.05, 0) is 26.3 Å². The Balaban J connectivity index is 1.96. The summed E-state index contributed by atoms with van der Waals surface area (Å²) in [7, 11) is 0. The quantitative estimate of drug-likeness (QED) is 0.531. The SMILES string of the molecule is [CH2]CN1CC2CCC(C1)O2. The fourth-order valence-electron chi connectivity index (χ4n) is 1.88. The van der Waals surface area contributed by atoms with Gasteiger partial charge in [0.25, 0.3) is 0 Å². The van der Waals surface area contributed by atoms with E-state index in [9.17, 15) is 0 Å². The van der Waals surface area contributed by atoms with Gasteiger partial charge in [0.15, 0.2) is 0 Å². The maximum atomic E-state index is 5.66. The van der Waals surface area contributed by atoms with Crippen LogP contribution >= 0.6 is 0 Å². The summed E-state index contributed by atoms with van der Waals surface area (Å²) in [6.45, 7) is 7.04. The zero-order chi connectivity index (χ0) is 6.97. The maximum absolute atomic E-state index is 5.66. The Morgan fingerprint density at radius 2 is 1.90 bits per heavy atom. The van der Waals surface area contributed by atoms with Crippen molar-refractivity contribution in [2.24, 2.45) is 0 Å². The number of rotatable bonds is 1. The van der Waals surface area contributed by atoms with Crippen LogP contribution in [0.5, 0.6) is 0 Å². The van der Waals surface area contributed by atoms with Gasteiger partial charge in [-0.25, -0.2) is 0 Å². The van der Waals surface area contributed by atoms with Gasteiger partial charge in [-0.2, -0.15) is 0 Å². The van der Waals surface area contributed by atoms with Crippen LogP contribution in [0.1, 0.15) is 12.8 Å². The van der Waals surface area contributed by atoms with E-state index >= 15 is 0 Å². The van der Waals surface area contributed by atoms with Crippen LogP contribution in [0.4, 0.5) is 0 Å². The van der Waals surface area contributed by atoms with Crippen LogP contribution in [0.3, 0.4) is 0 Å². The first-order valence-electron chi connectivity index (χ1n) is 4.05. The van der Waals surface area contributed by atoms with E-state index in [1.54, 1.807) is 0 Å². The Hall–Kier alpha value is -0.0800. The average molecular weight is 140 g/mol. The summed E-state index contributed by atoms with van der Waals surface area (Å²) in [5.74, 6) is 0. The van der Waals surface area contributed by atoms with E-state index in [1.807, 2.05) is 0 Å². The maximum Gasteiger partial charge on any atom is 0.0707 e. The Bertz CT molecular complexity index is 114. The fourth-order valence-corrected chi connectivity index (χ4v) is 1.88. The summed E-state index contributed by atoms with van der Waals surface area (Å²) in [6.07, 6.45) is 3.59. The summed E-state index contributed by atoms with van der Waals surface area (Å²) < 4.78 is 5.66. The largest absolute Gasteiger partial charge is 0.372 e. The first-order valence-corrected chi connectivity index (χ1v) is 4.05. The van der Waals surface area contributed by atoms with E-state index in [0.29, 0.717) is 12.2 Å². The number of ether oxygens (including phenoxy) is 1. The van der Waals surface area contributed by atoms with Gasteiger partial charge in [0.2, 0.25) is 0 Å². The Morgan fingerprint density at radius 3 is 2.40 bits per heavy atom. The van der Waals surface area contributed by atoms with Crippen LogP contribution in [-0.4, -0.2) is 36.7 Å². The first kappa shape index (κ1) is 6.62. The van der Waals surface area contributed by atoms with Crippen LogP contribution < -0.4 is 0 Å². The molecule has 0 saturated carbocycles. The van der Waals surface area contributed by atoms with Crippen LogP contribution in [0.25, 0.3) is 0 Å². The van der Waals surface area contributed by atoms with Crippen molar-refractivity contribution in [1.82, 2.24) is 4.90 Å². The summed E-state index contributed by atoms with van der Waals surface area (Å²) in [5, 5.41) is 0. The molecule has 0 aliphatic carbocycles. The summed E-state index contributed by atoms with van der Waals surface area (Å²) in [5.41, 5.74) is 0. The normalized spacial score (nSPS) is 40.5. The molecule has 2 heterocycles. The number of fused-ring (bicyclic) bond motifs is 2. The third-order valence-electron chi connectivity index (χ3n) is 2.44. The van der Waals surface area contributed by atoms with E-state index < -0.39 is 0 Å². The number of likely N-dealkylation sites (tertiary alicyclic amines) is 1. The van der Waals surface area contributed by atoms with Crippen molar-refractivity contribution in [1.29, 1.82) is 0 Å². The second-order valence-corrected chi connectivity index (χ2v) is 3.22. The summed E-state index contributed by atoms with van der Waals surface area (Å²) in [4.78, 5) is 2.38. The predicted molar refractivity (Wildman–Crippen MR) is 39.7 cm³/mol. The van der Waals surface area contributed by atoms with Gasteiger partial charge in [-0.1, -0.05) is 0 Å². The molecule has 0 spiro atoms. The van der Waals surface area contributed by atoms with Gasteiger partial charge in [0, 0.05) is 13.1 Å². The Labute approximate surface area is 62.2 Å². The molecule has 1 radical (unpaired) electrons. The molecule has 2 saturated heterocycles. The third kappa shape index (κ3) is 1.06. The number of morpholine rings is 1. The van der Waals surface area contributed by atoms with Gasteiger partial charge in [-0.15, -0.1) is 0 Å². The molecule has 2 unspecified atom stereocenters. The van der Waals surface area contributed by atoms with Crippen LogP contribution in [0, 0.1) is 6.92 Å². The molecule has 2 aliphatic rings. The van der Waals surface area contributed by atoms with E-state index in [1.165, 1.54) is 12.8 Å². The van der Waals surface area contributed by atoms with Crippen molar-refractivity contribution in [3.05, 3.63) is 6.92 Å². The molecule has 2 fully saturated rings. The molecule has 2 rings (SSSR count). The van der Waals surface area contributed by atoms with Crippen molar-refractivity contribution in [3.63, 3.8) is 0 Å². The number of nitrogens with zero attached hydrogens (tertiary/aromatic N) is 1. The van der Waals surface area contributed by atoms with Gasteiger partial charge in [0.05, 0.1) is 12.2 Å². The molecule has 0 amide bonds. The minimum atomic E-state index is 0.528. The lowest BCUT2D eigenvalue weighted by molar-refractivity contribution is -0.0345. The van der Waals surface area contributed by atoms with Crippen molar-refractivity contribution in [2.75, 3.05) is 19.6 Å². The topological polar surface area (TPSA) is 12.5 Å². The molecule has 2 heteroatoms. The molecule has 0 N–H and O–H groups in total. The lowest BCUT2D eigenvalue weighted by Crippen LogP contribution is -2.42. The van der Waals surface area contributed by atoms with Crippen molar-refractivity contribution in [3.8, 4) is 0 Å².